The maximum Gasteiger partial charge on any atom is 0.338 e. The van der Waals surface area contributed by atoms with Gasteiger partial charge in [0, 0.05) is 0 Å². The van der Waals surface area contributed by atoms with Crippen molar-refractivity contribution in [3.8, 4) is 0 Å². The molecule has 1 aromatic carbocycles. The summed E-state index contributed by atoms with van der Waals surface area (Å²) in [5, 5.41) is 0. The molecule has 31 heavy (non-hydrogen) atoms. The monoisotopic (exact) mass is 452 g/mol. The Morgan fingerprint density at radius 3 is 1.87 bits per heavy atom. The maximum atomic E-state index is 12.5. The molecule has 1 aromatic rings. The van der Waals surface area contributed by atoms with E-state index in [9.17, 15) is 22.6 Å². The topological polar surface area (TPSA) is 107 Å². The lowest BCUT2D eigenvalue weighted by Gasteiger charge is -2.21. The predicted octanol–water partition coefficient (Wildman–Crippen LogP) is 4.80. The van der Waals surface area contributed by atoms with E-state index in [0.29, 0.717) is 11.8 Å². The Bertz CT molecular complexity index is 866. The molecule has 0 radical (unpaired) electrons. The Balaban J connectivity index is 1.65. The molecule has 2 fully saturated rings. The zero-order chi connectivity index (χ0) is 22.3. The second kappa shape index (κ2) is 11.1. The van der Waals surface area contributed by atoms with Crippen LogP contribution < -0.4 is 0 Å². The summed E-state index contributed by atoms with van der Waals surface area (Å²) in [5.74, 6) is -0.599. The number of ether oxygens (including phenoxy) is 2. The lowest BCUT2D eigenvalue weighted by molar-refractivity contribution is 0.0410. The Labute approximate surface area is 184 Å². The summed E-state index contributed by atoms with van der Waals surface area (Å²) in [7, 11) is -4.60. The van der Waals surface area contributed by atoms with Gasteiger partial charge in [0.25, 0.3) is 10.1 Å². The summed E-state index contributed by atoms with van der Waals surface area (Å²) in [6.45, 7) is 0.497. The van der Waals surface area contributed by atoms with Crippen molar-refractivity contribution in [2.75, 3.05) is 13.2 Å². The number of carbonyl (C=O) groups excluding carboxylic acids is 2. The largest absolute Gasteiger partial charge is 0.462 e. The molecule has 2 aliphatic carbocycles. The fraction of sp³-hybridized carbons (Fsp3) is 0.652. The summed E-state index contributed by atoms with van der Waals surface area (Å²) in [5.41, 5.74) is -0.187. The minimum Gasteiger partial charge on any atom is -0.462 e. The molecule has 0 atom stereocenters. The number of rotatable bonds is 8. The third kappa shape index (κ3) is 7.31. The van der Waals surface area contributed by atoms with Crippen LogP contribution in [-0.2, 0) is 19.6 Å². The van der Waals surface area contributed by atoms with Gasteiger partial charge in [-0.05, 0) is 49.3 Å². The summed E-state index contributed by atoms with van der Waals surface area (Å²) in [4.78, 5) is 24.5. The Morgan fingerprint density at radius 2 is 1.32 bits per heavy atom. The van der Waals surface area contributed by atoms with E-state index in [1.165, 1.54) is 31.7 Å². The van der Waals surface area contributed by atoms with E-state index in [1.54, 1.807) is 0 Å². The van der Waals surface area contributed by atoms with Crippen molar-refractivity contribution < 1.29 is 32.0 Å². The standard InChI is InChI=1S/C23H32O7S/c24-22(29-12-11-17-7-3-1-4-8-17)19-13-20(15-21(14-19)31(26,27)28)23(25)30-16-18-9-5-2-6-10-18/h13-15,17-18H,1-12,16H2,(H,26,27,28). The van der Waals surface area contributed by atoms with Crippen LogP contribution >= 0.6 is 0 Å². The molecular formula is C23H32O7S. The molecule has 1 N–H and O–H groups in total. The molecule has 2 aliphatic rings. The van der Waals surface area contributed by atoms with Gasteiger partial charge in [-0.15, -0.1) is 0 Å². The SMILES string of the molecule is O=C(OCCC1CCCCC1)c1cc(C(=O)OCC2CCCCC2)cc(S(=O)(=O)O)c1. The first-order valence-electron chi connectivity index (χ1n) is 11.3. The van der Waals surface area contributed by atoms with Gasteiger partial charge < -0.3 is 9.47 Å². The van der Waals surface area contributed by atoms with E-state index in [4.69, 9.17) is 9.47 Å². The molecule has 0 aromatic heterocycles. The molecule has 0 bridgehead atoms. The van der Waals surface area contributed by atoms with Crippen LogP contribution in [0.5, 0.6) is 0 Å². The van der Waals surface area contributed by atoms with E-state index in [0.717, 1.165) is 57.1 Å². The molecule has 172 valence electrons. The second-order valence-corrected chi connectivity index (χ2v) is 10.2. The quantitative estimate of drug-likeness (QED) is 0.446. The average molecular weight is 453 g/mol. The first-order valence-corrected chi connectivity index (χ1v) is 12.7. The van der Waals surface area contributed by atoms with Crippen molar-refractivity contribution in [2.45, 2.75) is 75.5 Å². The highest BCUT2D eigenvalue weighted by atomic mass is 32.2. The maximum absolute atomic E-state index is 12.5. The van der Waals surface area contributed by atoms with Crippen molar-refractivity contribution in [1.82, 2.24) is 0 Å². The fourth-order valence-corrected chi connectivity index (χ4v) is 5.04. The van der Waals surface area contributed by atoms with Crippen LogP contribution in [0.4, 0.5) is 0 Å². The van der Waals surface area contributed by atoms with Gasteiger partial charge in [0.05, 0.1) is 29.2 Å². The normalized spacial score (nSPS) is 18.5. The lowest BCUT2D eigenvalue weighted by Crippen LogP contribution is -2.18. The number of carbonyl (C=O) groups is 2. The van der Waals surface area contributed by atoms with Crippen LogP contribution in [0.2, 0.25) is 0 Å². The molecule has 0 unspecified atom stereocenters. The van der Waals surface area contributed by atoms with Crippen molar-refractivity contribution in [3.05, 3.63) is 29.3 Å². The highest BCUT2D eigenvalue weighted by Crippen LogP contribution is 2.27. The first kappa shape index (κ1) is 23.7. The zero-order valence-electron chi connectivity index (χ0n) is 17.9. The van der Waals surface area contributed by atoms with Crippen LogP contribution in [0.25, 0.3) is 0 Å². The summed E-state index contributed by atoms with van der Waals surface area (Å²) >= 11 is 0. The van der Waals surface area contributed by atoms with Gasteiger partial charge in [-0.3, -0.25) is 4.55 Å². The zero-order valence-corrected chi connectivity index (χ0v) is 18.7. The van der Waals surface area contributed by atoms with Crippen molar-refractivity contribution in [1.29, 1.82) is 0 Å². The van der Waals surface area contributed by atoms with Gasteiger partial charge in [-0.1, -0.05) is 51.4 Å². The number of benzene rings is 1. The van der Waals surface area contributed by atoms with Gasteiger partial charge in [-0.2, -0.15) is 8.42 Å². The number of esters is 2. The summed E-state index contributed by atoms with van der Waals surface area (Å²) in [6, 6.07) is 3.31. The summed E-state index contributed by atoms with van der Waals surface area (Å²) < 4.78 is 43.5. The molecule has 0 spiro atoms. The van der Waals surface area contributed by atoms with Crippen molar-refractivity contribution >= 4 is 22.1 Å². The van der Waals surface area contributed by atoms with Gasteiger partial charge in [0.1, 0.15) is 0 Å². The van der Waals surface area contributed by atoms with Crippen LogP contribution in [0.1, 0.15) is 91.3 Å². The molecule has 0 aliphatic heterocycles. The third-order valence-electron chi connectivity index (χ3n) is 6.33. The van der Waals surface area contributed by atoms with E-state index in [2.05, 4.69) is 0 Å². The number of hydrogen-bond donors (Lipinski definition) is 1. The van der Waals surface area contributed by atoms with E-state index in [1.807, 2.05) is 0 Å². The van der Waals surface area contributed by atoms with Crippen LogP contribution in [-0.4, -0.2) is 38.1 Å². The third-order valence-corrected chi connectivity index (χ3v) is 7.17. The highest BCUT2D eigenvalue weighted by molar-refractivity contribution is 7.85. The fourth-order valence-electron chi connectivity index (χ4n) is 4.49. The Hall–Kier alpha value is -1.93. The first-order chi connectivity index (χ1) is 14.8. The predicted molar refractivity (Wildman–Crippen MR) is 115 cm³/mol. The smallest absolute Gasteiger partial charge is 0.338 e. The molecule has 8 heteroatoms. The molecule has 0 amide bonds. The molecule has 0 heterocycles. The van der Waals surface area contributed by atoms with Gasteiger partial charge >= 0.3 is 11.9 Å². The molecule has 7 nitrogen and oxygen atoms in total. The number of hydrogen-bond acceptors (Lipinski definition) is 6. The minimum atomic E-state index is -4.60. The van der Waals surface area contributed by atoms with Crippen molar-refractivity contribution in [2.24, 2.45) is 11.8 Å². The Kier molecular flexibility index (Phi) is 8.49. The molecular weight excluding hydrogens is 420 g/mol. The molecule has 0 saturated heterocycles. The van der Waals surface area contributed by atoms with Crippen LogP contribution in [0.15, 0.2) is 23.1 Å². The minimum absolute atomic E-state index is 0.0924. The lowest BCUT2D eigenvalue weighted by atomic mass is 9.87. The van der Waals surface area contributed by atoms with Gasteiger partial charge in [0.15, 0.2) is 0 Å². The van der Waals surface area contributed by atoms with E-state index >= 15 is 0 Å². The molecule has 2 saturated carbocycles. The van der Waals surface area contributed by atoms with Crippen molar-refractivity contribution in [3.63, 3.8) is 0 Å². The van der Waals surface area contributed by atoms with Gasteiger partial charge in [-0.25, -0.2) is 9.59 Å². The van der Waals surface area contributed by atoms with Crippen LogP contribution in [0.3, 0.4) is 0 Å². The molecule has 3 rings (SSSR count). The van der Waals surface area contributed by atoms with E-state index < -0.39 is 27.0 Å². The van der Waals surface area contributed by atoms with Crippen LogP contribution in [0, 0.1) is 11.8 Å². The van der Waals surface area contributed by atoms with Gasteiger partial charge in [0.2, 0.25) is 0 Å². The summed E-state index contributed by atoms with van der Waals surface area (Å²) in [6.07, 6.45) is 12.1. The average Bonchev–Trinajstić information content (AvgIpc) is 2.78. The second-order valence-electron chi connectivity index (χ2n) is 8.75. The van der Waals surface area contributed by atoms with E-state index in [-0.39, 0.29) is 24.3 Å². The highest BCUT2D eigenvalue weighted by Gasteiger charge is 2.22. The Morgan fingerprint density at radius 1 is 0.806 bits per heavy atom.